The zero-order chi connectivity index (χ0) is 16.5. The van der Waals surface area contributed by atoms with Gasteiger partial charge in [0.05, 0.1) is 17.8 Å². The summed E-state index contributed by atoms with van der Waals surface area (Å²) in [6.45, 7) is 13.7. The molecule has 0 aromatic carbocycles. The fraction of sp³-hybridized carbons (Fsp3) is 0.750. The topological polar surface area (TPSA) is 53.4 Å². The number of likely N-dealkylation sites (N-methyl/N-ethyl adjacent to an activating group) is 1. The summed E-state index contributed by atoms with van der Waals surface area (Å²) in [4.78, 5) is 16.9. The summed E-state index contributed by atoms with van der Waals surface area (Å²) < 4.78 is 1.88. The first-order valence-corrected chi connectivity index (χ1v) is 7.96. The van der Waals surface area contributed by atoms with Crippen LogP contribution in [0, 0.1) is 6.92 Å². The Balaban J connectivity index is 2.01. The smallest absolute Gasteiger partial charge is 0.239 e. The van der Waals surface area contributed by atoms with Gasteiger partial charge in [-0.2, -0.15) is 5.10 Å². The number of rotatable bonds is 3. The minimum atomic E-state index is -0.155. The van der Waals surface area contributed by atoms with Crippen LogP contribution in [0.5, 0.6) is 0 Å². The molecule has 6 heteroatoms. The first-order chi connectivity index (χ1) is 10.2. The van der Waals surface area contributed by atoms with E-state index in [1.807, 2.05) is 17.7 Å². The second-order valence-corrected chi connectivity index (χ2v) is 7.38. The van der Waals surface area contributed by atoms with Crippen LogP contribution in [-0.4, -0.2) is 64.8 Å². The van der Waals surface area contributed by atoms with Crippen molar-refractivity contribution in [3.05, 3.63) is 11.8 Å². The summed E-state index contributed by atoms with van der Waals surface area (Å²) in [5, 5.41) is 7.51. The van der Waals surface area contributed by atoms with Crippen LogP contribution in [0.25, 0.3) is 0 Å². The minimum Gasteiger partial charge on any atom is -0.310 e. The van der Waals surface area contributed by atoms with Crippen LogP contribution in [0.15, 0.2) is 6.07 Å². The Hall–Kier alpha value is -1.40. The van der Waals surface area contributed by atoms with Gasteiger partial charge in [-0.05, 0) is 41.7 Å². The van der Waals surface area contributed by atoms with Crippen molar-refractivity contribution in [1.29, 1.82) is 0 Å². The van der Waals surface area contributed by atoms with E-state index in [2.05, 4.69) is 55.0 Å². The van der Waals surface area contributed by atoms with Crippen molar-refractivity contribution >= 4 is 11.7 Å². The van der Waals surface area contributed by atoms with E-state index >= 15 is 0 Å². The van der Waals surface area contributed by atoms with E-state index in [4.69, 9.17) is 0 Å². The van der Waals surface area contributed by atoms with Crippen LogP contribution in [0.2, 0.25) is 0 Å². The molecule has 1 fully saturated rings. The van der Waals surface area contributed by atoms with Gasteiger partial charge in [0.25, 0.3) is 0 Å². The fourth-order valence-corrected chi connectivity index (χ4v) is 2.88. The number of aromatic nitrogens is 2. The zero-order valence-electron chi connectivity index (χ0n) is 14.7. The molecular formula is C16H29N5O. The normalized spacial score (nSPS) is 21.1. The van der Waals surface area contributed by atoms with Gasteiger partial charge in [-0.3, -0.25) is 9.69 Å². The van der Waals surface area contributed by atoms with E-state index in [0.29, 0.717) is 12.6 Å². The number of carbonyl (C=O) groups excluding carboxylic acids is 1. The summed E-state index contributed by atoms with van der Waals surface area (Å²) >= 11 is 0. The maximum Gasteiger partial charge on any atom is 0.239 e. The average Bonchev–Trinajstić information content (AvgIpc) is 2.73. The van der Waals surface area contributed by atoms with Gasteiger partial charge in [-0.1, -0.05) is 0 Å². The molecule has 1 amide bonds. The first kappa shape index (κ1) is 17.0. The van der Waals surface area contributed by atoms with Gasteiger partial charge >= 0.3 is 0 Å². The molecular weight excluding hydrogens is 278 g/mol. The molecule has 1 saturated heterocycles. The van der Waals surface area contributed by atoms with E-state index in [1.54, 1.807) is 0 Å². The Kier molecular flexibility index (Phi) is 4.92. The van der Waals surface area contributed by atoms with Crippen molar-refractivity contribution in [2.45, 2.75) is 46.2 Å². The van der Waals surface area contributed by atoms with Crippen LogP contribution in [0.4, 0.5) is 5.82 Å². The summed E-state index contributed by atoms with van der Waals surface area (Å²) in [5.74, 6) is 0.804. The van der Waals surface area contributed by atoms with Crippen LogP contribution in [0.1, 0.15) is 33.4 Å². The number of carbonyl (C=O) groups is 1. The molecule has 1 atom stereocenters. The summed E-state index contributed by atoms with van der Waals surface area (Å²) in [5.41, 5.74) is 0.760. The Morgan fingerprint density at radius 1 is 1.41 bits per heavy atom. The predicted octanol–water partition coefficient (Wildman–Crippen LogP) is 1.52. The predicted molar refractivity (Wildman–Crippen MR) is 89.1 cm³/mol. The van der Waals surface area contributed by atoms with Crippen molar-refractivity contribution in [3.8, 4) is 0 Å². The van der Waals surface area contributed by atoms with Crippen molar-refractivity contribution < 1.29 is 4.79 Å². The summed E-state index contributed by atoms with van der Waals surface area (Å²) in [7, 11) is 2.12. The summed E-state index contributed by atoms with van der Waals surface area (Å²) in [6.07, 6.45) is 0. The van der Waals surface area contributed by atoms with Crippen molar-refractivity contribution in [1.82, 2.24) is 19.6 Å². The van der Waals surface area contributed by atoms with E-state index in [9.17, 15) is 4.79 Å². The fourth-order valence-electron chi connectivity index (χ4n) is 2.88. The van der Waals surface area contributed by atoms with E-state index in [1.165, 1.54) is 0 Å². The molecule has 1 aliphatic heterocycles. The SMILES string of the molecule is Cc1cc(NC(=O)CN2CCN(C)C[C@H]2C)n(C(C)(C)C)n1. The molecule has 0 saturated carbocycles. The average molecular weight is 307 g/mol. The standard InChI is InChI=1S/C16H29N5O/c1-12-9-14(21(18-12)16(3,4)5)17-15(22)11-20-8-7-19(6)10-13(20)2/h9,13H,7-8,10-11H2,1-6H3,(H,17,22)/t13-/m1/s1. The first-order valence-electron chi connectivity index (χ1n) is 7.96. The second-order valence-electron chi connectivity index (χ2n) is 7.38. The molecule has 124 valence electrons. The van der Waals surface area contributed by atoms with Crippen LogP contribution in [0.3, 0.4) is 0 Å². The van der Waals surface area contributed by atoms with Gasteiger partial charge < -0.3 is 10.2 Å². The van der Waals surface area contributed by atoms with Gasteiger partial charge in [0.15, 0.2) is 0 Å². The highest BCUT2D eigenvalue weighted by Crippen LogP contribution is 2.21. The molecule has 0 spiro atoms. The molecule has 1 aromatic heterocycles. The number of nitrogens with zero attached hydrogens (tertiary/aromatic N) is 4. The largest absolute Gasteiger partial charge is 0.310 e. The molecule has 1 N–H and O–H groups in total. The molecule has 2 rings (SSSR count). The monoisotopic (exact) mass is 307 g/mol. The highest BCUT2D eigenvalue weighted by Gasteiger charge is 2.25. The molecule has 22 heavy (non-hydrogen) atoms. The Bertz CT molecular complexity index is 531. The number of aryl methyl sites for hydroxylation is 1. The Labute approximate surface area is 133 Å². The highest BCUT2D eigenvalue weighted by atomic mass is 16.2. The van der Waals surface area contributed by atoms with E-state index < -0.39 is 0 Å². The van der Waals surface area contributed by atoms with Gasteiger partial charge in [-0.25, -0.2) is 4.68 Å². The number of piperazine rings is 1. The third kappa shape index (κ3) is 4.08. The third-order valence-electron chi connectivity index (χ3n) is 4.05. The van der Waals surface area contributed by atoms with Gasteiger partial charge in [0, 0.05) is 31.7 Å². The number of anilines is 1. The maximum absolute atomic E-state index is 12.4. The lowest BCUT2D eigenvalue weighted by atomic mass is 10.1. The van der Waals surface area contributed by atoms with Crippen molar-refractivity contribution in [2.75, 3.05) is 38.5 Å². The van der Waals surface area contributed by atoms with Gasteiger partial charge in [-0.15, -0.1) is 0 Å². The summed E-state index contributed by atoms with van der Waals surface area (Å²) in [6, 6.07) is 2.33. The number of nitrogens with one attached hydrogen (secondary N) is 1. The number of hydrogen-bond acceptors (Lipinski definition) is 4. The molecule has 0 unspecified atom stereocenters. The van der Waals surface area contributed by atoms with Gasteiger partial charge in [0.1, 0.15) is 5.82 Å². The lowest BCUT2D eigenvalue weighted by Gasteiger charge is -2.37. The molecule has 1 aliphatic rings. The minimum absolute atomic E-state index is 0.0294. The van der Waals surface area contributed by atoms with Crippen LogP contribution in [-0.2, 0) is 10.3 Å². The highest BCUT2D eigenvalue weighted by molar-refractivity contribution is 5.91. The van der Waals surface area contributed by atoms with Gasteiger partial charge in [0.2, 0.25) is 5.91 Å². The van der Waals surface area contributed by atoms with E-state index in [-0.39, 0.29) is 11.4 Å². The molecule has 1 aromatic rings. The molecule has 0 radical (unpaired) electrons. The molecule has 2 heterocycles. The Morgan fingerprint density at radius 3 is 2.68 bits per heavy atom. The molecule has 6 nitrogen and oxygen atoms in total. The third-order valence-corrected chi connectivity index (χ3v) is 4.05. The number of hydrogen-bond donors (Lipinski definition) is 1. The number of amides is 1. The lowest BCUT2D eigenvalue weighted by molar-refractivity contribution is -0.118. The second kappa shape index (κ2) is 6.38. The van der Waals surface area contributed by atoms with E-state index in [0.717, 1.165) is 31.1 Å². The quantitative estimate of drug-likeness (QED) is 0.920. The molecule has 0 aliphatic carbocycles. The van der Waals surface area contributed by atoms with Crippen molar-refractivity contribution in [2.24, 2.45) is 0 Å². The molecule has 0 bridgehead atoms. The lowest BCUT2D eigenvalue weighted by Crippen LogP contribution is -2.52. The van der Waals surface area contributed by atoms with Crippen LogP contribution >= 0.6 is 0 Å². The maximum atomic E-state index is 12.4. The zero-order valence-corrected chi connectivity index (χ0v) is 14.7. The Morgan fingerprint density at radius 2 is 2.09 bits per heavy atom. The van der Waals surface area contributed by atoms with Crippen molar-refractivity contribution in [3.63, 3.8) is 0 Å². The van der Waals surface area contributed by atoms with Crippen LogP contribution < -0.4 is 5.32 Å².